The van der Waals surface area contributed by atoms with Crippen LogP contribution in [-0.2, 0) is 16.6 Å². The average molecular weight is 407 g/mol. The smallest absolute Gasteiger partial charge is 0.243 e. The molecular weight excluding hydrogens is 384 g/mol. The molecule has 0 aliphatic carbocycles. The van der Waals surface area contributed by atoms with Gasteiger partial charge in [-0.15, -0.1) is 0 Å². The summed E-state index contributed by atoms with van der Waals surface area (Å²) in [5.41, 5.74) is 0.769. The van der Waals surface area contributed by atoms with Gasteiger partial charge in [-0.2, -0.15) is 4.31 Å². The number of quaternary nitrogens is 1. The highest BCUT2D eigenvalue weighted by atomic mass is 32.2. The van der Waals surface area contributed by atoms with Crippen molar-refractivity contribution in [1.29, 1.82) is 0 Å². The third kappa shape index (κ3) is 3.60. The van der Waals surface area contributed by atoms with E-state index in [1.807, 2.05) is 0 Å². The minimum Gasteiger partial charge on any atom is -0.507 e. The summed E-state index contributed by atoms with van der Waals surface area (Å²) in [5.74, 6) is 1.97. The zero-order valence-electron chi connectivity index (χ0n) is 15.6. The van der Waals surface area contributed by atoms with Gasteiger partial charge < -0.3 is 24.2 Å². The second kappa shape index (κ2) is 7.50. The molecule has 4 rings (SSSR count). The van der Waals surface area contributed by atoms with Crippen molar-refractivity contribution in [3.63, 3.8) is 0 Å². The van der Waals surface area contributed by atoms with Gasteiger partial charge in [0.2, 0.25) is 16.8 Å². The number of phenols is 1. The standard InChI is InChI=1S/C19H22N2O6S/c1-25-15-2-4-16(5-3-15)28(23,24)21-8-6-20(7-9-21)12-14-10-18-19(11-17(14)22)27-13-26-18/h2-5,10-11,22H,6-9,12-13H2,1H3/p+1. The third-order valence-corrected chi connectivity index (χ3v) is 7.05. The molecule has 0 bridgehead atoms. The van der Waals surface area contributed by atoms with Crippen LogP contribution in [0, 0.1) is 0 Å². The van der Waals surface area contributed by atoms with Crippen molar-refractivity contribution in [3.05, 3.63) is 42.0 Å². The molecule has 2 aromatic rings. The Morgan fingerprint density at radius 3 is 2.39 bits per heavy atom. The summed E-state index contributed by atoms with van der Waals surface area (Å²) in [6, 6.07) is 9.80. The van der Waals surface area contributed by atoms with Gasteiger partial charge in [-0.3, -0.25) is 0 Å². The lowest BCUT2D eigenvalue weighted by atomic mass is 10.1. The zero-order chi connectivity index (χ0) is 19.7. The number of phenolic OH excluding ortho intramolecular Hbond substituents is 1. The van der Waals surface area contributed by atoms with Gasteiger partial charge in [0.1, 0.15) is 18.0 Å². The topological polar surface area (TPSA) is 89.7 Å². The molecule has 1 saturated heterocycles. The number of hydrogen-bond acceptors (Lipinski definition) is 6. The third-order valence-electron chi connectivity index (χ3n) is 5.14. The van der Waals surface area contributed by atoms with Crippen LogP contribution in [0.4, 0.5) is 0 Å². The number of piperazine rings is 1. The van der Waals surface area contributed by atoms with Gasteiger partial charge in [0.15, 0.2) is 11.5 Å². The number of hydrogen-bond donors (Lipinski definition) is 2. The Bertz CT molecular complexity index is 953. The van der Waals surface area contributed by atoms with E-state index in [9.17, 15) is 13.5 Å². The van der Waals surface area contributed by atoms with Gasteiger partial charge in [-0.25, -0.2) is 8.42 Å². The van der Waals surface area contributed by atoms with E-state index in [-0.39, 0.29) is 17.4 Å². The Hall–Kier alpha value is -2.49. The van der Waals surface area contributed by atoms with Crippen LogP contribution in [0.15, 0.2) is 41.3 Å². The maximum absolute atomic E-state index is 12.8. The normalized spacial score (nSPS) is 17.6. The van der Waals surface area contributed by atoms with Gasteiger partial charge >= 0.3 is 0 Å². The van der Waals surface area contributed by atoms with E-state index < -0.39 is 10.0 Å². The maximum atomic E-state index is 12.8. The summed E-state index contributed by atoms with van der Waals surface area (Å²) >= 11 is 0. The van der Waals surface area contributed by atoms with Crippen LogP contribution >= 0.6 is 0 Å². The largest absolute Gasteiger partial charge is 0.507 e. The number of methoxy groups -OCH3 is 1. The predicted octanol–water partition coefficient (Wildman–Crippen LogP) is 0.219. The lowest BCUT2D eigenvalue weighted by molar-refractivity contribution is -0.917. The SMILES string of the molecule is COc1ccc(S(=O)(=O)N2CC[NH+](Cc3cc4c(cc3O)OCO4)CC2)cc1. The Morgan fingerprint density at radius 2 is 1.75 bits per heavy atom. The molecule has 0 amide bonds. The summed E-state index contributed by atoms with van der Waals surface area (Å²) in [7, 11) is -1.98. The molecule has 2 N–H and O–H groups in total. The highest BCUT2D eigenvalue weighted by Gasteiger charge is 2.31. The summed E-state index contributed by atoms with van der Waals surface area (Å²) < 4.78 is 42.9. The molecule has 0 unspecified atom stereocenters. The molecule has 2 aromatic carbocycles. The van der Waals surface area contributed by atoms with Crippen LogP contribution in [0.3, 0.4) is 0 Å². The second-order valence-corrected chi connectivity index (χ2v) is 8.78. The molecular formula is C19H23N2O6S+. The molecule has 9 heteroatoms. The van der Waals surface area contributed by atoms with Crippen molar-refractivity contribution in [2.75, 3.05) is 40.1 Å². The Balaban J connectivity index is 1.40. The molecule has 150 valence electrons. The molecule has 2 aliphatic heterocycles. The first-order chi connectivity index (χ1) is 13.5. The van der Waals surface area contributed by atoms with E-state index in [0.29, 0.717) is 50.0 Å². The predicted molar refractivity (Wildman–Crippen MR) is 100 cm³/mol. The lowest BCUT2D eigenvalue weighted by Gasteiger charge is -2.31. The second-order valence-electron chi connectivity index (χ2n) is 6.84. The number of sulfonamides is 1. The van der Waals surface area contributed by atoms with E-state index in [1.165, 1.54) is 9.21 Å². The van der Waals surface area contributed by atoms with Gasteiger partial charge in [0.25, 0.3) is 0 Å². The lowest BCUT2D eigenvalue weighted by Crippen LogP contribution is -3.13. The Morgan fingerprint density at radius 1 is 1.11 bits per heavy atom. The summed E-state index contributed by atoms with van der Waals surface area (Å²) in [5, 5.41) is 10.2. The number of aromatic hydroxyl groups is 1. The van der Waals surface area contributed by atoms with Crippen molar-refractivity contribution < 1.29 is 32.6 Å². The molecule has 8 nitrogen and oxygen atoms in total. The summed E-state index contributed by atoms with van der Waals surface area (Å²) in [4.78, 5) is 1.47. The fourth-order valence-corrected chi connectivity index (χ4v) is 4.94. The highest BCUT2D eigenvalue weighted by Crippen LogP contribution is 2.37. The van der Waals surface area contributed by atoms with E-state index in [2.05, 4.69) is 0 Å². The van der Waals surface area contributed by atoms with E-state index in [0.717, 1.165) is 5.56 Å². The summed E-state index contributed by atoms with van der Waals surface area (Å²) in [6.07, 6.45) is 0. The molecule has 2 heterocycles. The van der Waals surface area contributed by atoms with Gasteiger partial charge in [-0.05, 0) is 30.3 Å². The minimum atomic E-state index is -3.52. The Labute approximate surface area is 163 Å². The van der Waals surface area contributed by atoms with Crippen LogP contribution in [0.5, 0.6) is 23.0 Å². The van der Waals surface area contributed by atoms with Crippen LogP contribution in [0.25, 0.3) is 0 Å². The molecule has 0 aromatic heterocycles. The van der Waals surface area contributed by atoms with Gasteiger partial charge in [-0.1, -0.05) is 0 Å². The first kappa shape index (κ1) is 18.9. The number of nitrogens with zero attached hydrogens (tertiary/aromatic N) is 1. The van der Waals surface area contributed by atoms with Crippen molar-refractivity contribution >= 4 is 10.0 Å². The first-order valence-electron chi connectivity index (χ1n) is 9.06. The zero-order valence-corrected chi connectivity index (χ0v) is 16.4. The fraction of sp³-hybridized carbons (Fsp3) is 0.368. The molecule has 2 aliphatic rings. The monoisotopic (exact) mass is 407 g/mol. The molecule has 28 heavy (non-hydrogen) atoms. The van der Waals surface area contributed by atoms with Crippen molar-refractivity contribution in [3.8, 4) is 23.0 Å². The Kier molecular flexibility index (Phi) is 5.05. The van der Waals surface area contributed by atoms with Crippen LogP contribution in [0.2, 0.25) is 0 Å². The fourth-order valence-electron chi connectivity index (χ4n) is 3.50. The average Bonchev–Trinajstić information content (AvgIpc) is 3.16. The molecule has 0 spiro atoms. The van der Waals surface area contributed by atoms with Gasteiger partial charge in [0, 0.05) is 6.07 Å². The van der Waals surface area contributed by atoms with Crippen molar-refractivity contribution in [2.45, 2.75) is 11.4 Å². The molecule has 0 atom stereocenters. The number of nitrogens with one attached hydrogen (secondary N) is 1. The number of rotatable bonds is 5. The minimum absolute atomic E-state index is 0.160. The number of fused-ring (bicyclic) bond motifs is 1. The quantitative estimate of drug-likeness (QED) is 0.737. The van der Waals surface area contributed by atoms with Crippen molar-refractivity contribution in [1.82, 2.24) is 4.31 Å². The maximum Gasteiger partial charge on any atom is 0.243 e. The van der Waals surface area contributed by atoms with E-state index in [4.69, 9.17) is 14.2 Å². The van der Waals surface area contributed by atoms with Crippen LogP contribution < -0.4 is 19.1 Å². The molecule has 0 saturated carbocycles. The first-order valence-corrected chi connectivity index (χ1v) is 10.5. The number of benzene rings is 2. The molecule has 1 fully saturated rings. The van der Waals surface area contributed by atoms with E-state index in [1.54, 1.807) is 43.5 Å². The van der Waals surface area contributed by atoms with Crippen LogP contribution in [-0.4, -0.2) is 57.9 Å². The van der Waals surface area contributed by atoms with Crippen molar-refractivity contribution in [2.24, 2.45) is 0 Å². The van der Waals surface area contributed by atoms with Gasteiger partial charge in [0.05, 0.1) is 43.7 Å². The highest BCUT2D eigenvalue weighted by molar-refractivity contribution is 7.89. The van der Waals surface area contributed by atoms with Crippen LogP contribution in [0.1, 0.15) is 5.56 Å². The summed E-state index contributed by atoms with van der Waals surface area (Å²) in [6.45, 7) is 2.92. The number of ether oxygens (including phenoxy) is 3. The van der Waals surface area contributed by atoms with E-state index >= 15 is 0 Å². The molecule has 0 radical (unpaired) electrons.